The van der Waals surface area contributed by atoms with Gasteiger partial charge in [0.25, 0.3) is 0 Å². The van der Waals surface area contributed by atoms with Gasteiger partial charge in [0.05, 0.1) is 23.6 Å². The molecule has 3 aromatic heterocycles. The average Bonchev–Trinajstić information content (AvgIpc) is 2.74. The van der Waals surface area contributed by atoms with E-state index in [2.05, 4.69) is 38.2 Å². The molecule has 0 bridgehead atoms. The molecule has 30 heavy (non-hydrogen) atoms. The quantitative estimate of drug-likeness (QED) is 0.686. The molecule has 7 heteroatoms. The van der Waals surface area contributed by atoms with Crippen molar-refractivity contribution in [2.24, 2.45) is 0 Å². The monoisotopic (exact) mass is 399 g/mol. The molecule has 4 heterocycles. The van der Waals surface area contributed by atoms with Crippen molar-refractivity contribution < 1.29 is 0 Å². The number of hydrogen-bond donors (Lipinski definition) is 1. The molecule has 0 saturated carbocycles. The zero-order chi connectivity index (χ0) is 20.9. The number of likely N-dealkylation sites (tertiary alicyclic amines) is 1. The van der Waals surface area contributed by atoms with Gasteiger partial charge in [-0.05, 0) is 56.5 Å². The largest absolute Gasteiger partial charge is 0.339 e. The highest BCUT2D eigenvalue weighted by atomic mass is 15.2. The Morgan fingerprint density at radius 1 is 1.13 bits per heavy atom. The van der Waals surface area contributed by atoms with E-state index in [-0.39, 0.29) is 6.04 Å². The van der Waals surface area contributed by atoms with Crippen LogP contribution in [0.25, 0.3) is 0 Å². The maximum absolute atomic E-state index is 8.92. The number of anilines is 2. The highest BCUT2D eigenvalue weighted by Crippen LogP contribution is 2.32. The summed E-state index contributed by atoms with van der Waals surface area (Å²) in [6.45, 7) is 5.91. The Balaban J connectivity index is 1.57. The van der Waals surface area contributed by atoms with Crippen molar-refractivity contribution in [1.82, 2.24) is 24.8 Å². The van der Waals surface area contributed by atoms with E-state index in [1.54, 1.807) is 12.3 Å². The van der Waals surface area contributed by atoms with Crippen LogP contribution in [-0.4, -0.2) is 31.4 Å². The number of hydrogen-bond acceptors (Lipinski definition) is 7. The van der Waals surface area contributed by atoms with Gasteiger partial charge in [-0.3, -0.25) is 9.88 Å². The standard InChI is InChI=1S/C23H25N7/c1-16-9-18(13-25-12-16)15-30-8-4-3-5-22(30)21-10-23(28-17(2)27-21)29-20-7-6-19(11-24)26-14-20/h6-7,9-10,12-14,22H,3-5,8,15H2,1-2H3,(H,27,28,29). The molecule has 0 aromatic carbocycles. The van der Waals surface area contributed by atoms with Crippen molar-refractivity contribution in [2.75, 3.05) is 11.9 Å². The number of aryl methyl sites for hydroxylation is 2. The summed E-state index contributed by atoms with van der Waals surface area (Å²) in [5.74, 6) is 1.48. The topological polar surface area (TPSA) is 90.6 Å². The second-order valence-corrected chi connectivity index (χ2v) is 7.75. The van der Waals surface area contributed by atoms with E-state index in [1.807, 2.05) is 37.5 Å². The van der Waals surface area contributed by atoms with Crippen molar-refractivity contribution in [2.45, 2.75) is 45.7 Å². The van der Waals surface area contributed by atoms with E-state index in [4.69, 9.17) is 10.2 Å². The van der Waals surface area contributed by atoms with Crippen LogP contribution in [0.3, 0.4) is 0 Å². The van der Waals surface area contributed by atoms with Crippen LogP contribution < -0.4 is 5.32 Å². The van der Waals surface area contributed by atoms with Gasteiger partial charge in [0.15, 0.2) is 0 Å². The number of pyridine rings is 2. The van der Waals surface area contributed by atoms with Crippen molar-refractivity contribution in [3.8, 4) is 6.07 Å². The molecule has 0 radical (unpaired) electrons. The second-order valence-electron chi connectivity index (χ2n) is 7.75. The molecule has 1 atom stereocenters. The molecule has 3 aromatic rings. The summed E-state index contributed by atoms with van der Waals surface area (Å²) in [6.07, 6.45) is 8.96. The Morgan fingerprint density at radius 3 is 2.80 bits per heavy atom. The first-order chi connectivity index (χ1) is 14.6. The molecule has 1 aliphatic rings. The first-order valence-corrected chi connectivity index (χ1v) is 10.2. The van der Waals surface area contributed by atoms with Crippen LogP contribution >= 0.6 is 0 Å². The van der Waals surface area contributed by atoms with E-state index in [1.165, 1.54) is 24.0 Å². The summed E-state index contributed by atoms with van der Waals surface area (Å²) in [7, 11) is 0. The van der Waals surface area contributed by atoms with Gasteiger partial charge in [0.2, 0.25) is 0 Å². The lowest BCUT2D eigenvalue weighted by Crippen LogP contribution is -2.33. The lowest BCUT2D eigenvalue weighted by Gasteiger charge is -2.35. The fourth-order valence-electron chi connectivity index (χ4n) is 3.96. The number of aromatic nitrogens is 4. The SMILES string of the molecule is Cc1cncc(CN2CCCCC2c2cc(Nc3ccc(C#N)nc3)nc(C)n2)c1. The summed E-state index contributed by atoms with van der Waals surface area (Å²) in [5.41, 5.74) is 4.64. The van der Waals surface area contributed by atoms with E-state index in [0.717, 1.165) is 42.5 Å². The van der Waals surface area contributed by atoms with Crippen LogP contribution in [0.2, 0.25) is 0 Å². The molecule has 1 fully saturated rings. The van der Waals surface area contributed by atoms with Gasteiger partial charge in [-0.2, -0.15) is 5.26 Å². The average molecular weight is 400 g/mol. The van der Waals surface area contributed by atoms with E-state index in [9.17, 15) is 0 Å². The summed E-state index contributed by atoms with van der Waals surface area (Å²) >= 11 is 0. The molecule has 0 amide bonds. The summed E-state index contributed by atoms with van der Waals surface area (Å²) in [6, 6.07) is 10.0. The molecule has 1 N–H and O–H groups in total. The van der Waals surface area contributed by atoms with Gasteiger partial charge in [-0.25, -0.2) is 15.0 Å². The summed E-state index contributed by atoms with van der Waals surface area (Å²) < 4.78 is 0. The number of nitrogens with zero attached hydrogens (tertiary/aromatic N) is 6. The molecule has 152 valence electrons. The second kappa shape index (κ2) is 8.97. The molecule has 4 rings (SSSR count). The van der Waals surface area contributed by atoms with Gasteiger partial charge in [0.1, 0.15) is 23.4 Å². The molecular formula is C23H25N7. The van der Waals surface area contributed by atoms with Gasteiger partial charge in [-0.15, -0.1) is 0 Å². The molecule has 1 unspecified atom stereocenters. The predicted octanol–water partition coefficient (Wildman–Crippen LogP) is 4.23. The first kappa shape index (κ1) is 19.9. The third-order valence-electron chi connectivity index (χ3n) is 5.28. The van der Waals surface area contributed by atoms with Crippen LogP contribution in [0, 0.1) is 25.2 Å². The Bertz CT molecular complexity index is 1060. The van der Waals surface area contributed by atoms with Crippen LogP contribution in [0.1, 0.15) is 53.6 Å². The van der Waals surface area contributed by atoms with Gasteiger partial charge in [-0.1, -0.05) is 12.5 Å². The van der Waals surface area contributed by atoms with Crippen LogP contribution in [0.4, 0.5) is 11.5 Å². The van der Waals surface area contributed by atoms with E-state index in [0.29, 0.717) is 5.69 Å². The number of nitriles is 1. The Hall–Kier alpha value is -3.37. The summed E-state index contributed by atoms with van der Waals surface area (Å²) in [4.78, 5) is 20.3. The van der Waals surface area contributed by atoms with Crippen molar-refractivity contribution in [1.29, 1.82) is 5.26 Å². The number of rotatable bonds is 5. The lowest BCUT2D eigenvalue weighted by atomic mass is 9.98. The third kappa shape index (κ3) is 4.78. The Kier molecular flexibility index (Phi) is 5.96. The lowest BCUT2D eigenvalue weighted by molar-refractivity contribution is 0.137. The van der Waals surface area contributed by atoms with Gasteiger partial charge >= 0.3 is 0 Å². The maximum Gasteiger partial charge on any atom is 0.140 e. The maximum atomic E-state index is 8.92. The molecule has 0 spiro atoms. The zero-order valence-electron chi connectivity index (χ0n) is 17.3. The van der Waals surface area contributed by atoms with Crippen molar-refractivity contribution in [3.05, 3.63) is 71.2 Å². The fourth-order valence-corrected chi connectivity index (χ4v) is 3.96. The third-order valence-corrected chi connectivity index (χ3v) is 5.28. The van der Waals surface area contributed by atoms with Crippen LogP contribution in [0.5, 0.6) is 0 Å². The number of piperidine rings is 1. The minimum atomic E-state index is 0.251. The number of nitrogens with one attached hydrogen (secondary N) is 1. The van der Waals surface area contributed by atoms with Crippen molar-refractivity contribution in [3.63, 3.8) is 0 Å². The smallest absolute Gasteiger partial charge is 0.140 e. The fraction of sp³-hybridized carbons (Fsp3) is 0.348. The predicted molar refractivity (Wildman–Crippen MR) is 115 cm³/mol. The minimum absolute atomic E-state index is 0.251. The molecular weight excluding hydrogens is 374 g/mol. The van der Waals surface area contributed by atoms with E-state index < -0.39 is 0 Å². The zero-order valence-corrected chi connectivity index (χ0v) is 17.3. The molecule has 7 nitrogen and oxygen atoms in total. The van der Waals surface area contributed by atoms with Crippen LogP contribution in [-0.2, 0) is 6.54 Å². The first-order valence-electron chi connectivity index (χ1n) is 10.2. The normalized spacial score (nSPS) is 16.8. The minimum Gasteiger partial charge on any atom is -0.339 e. The Morgan fingerprint density at radius 2 is 2.03 bits per heavy atom. The molecule has 0 aliphatic carbocycles. The van der Waals surface area contributed by atoms with Gasteiger partial charge in [0, 0.05) is 25.0 Å². The van der Waals surface area contributed by atoms with E-state index >= 15 is 0 Å². The highest BCUT2D eigenvalue weighted by Gasteiger charge is 2.26. The summed E-state index contributed by atoms with van der Waals surface area (Å²) in [5, 5.41) is 12.2. The molecule has 1 aliphatic heterocycles. The van der Waals surface area contributed by atoms with Crippen LogP contribution in [0.15, 0.2) is 42.9 Å². The highest BCUT2D eigenvalue weighted by molar-refractivity contribution is 5.55. The Labute approximate surface area is 176 Å². The van der Waals surface area contributed by atoms with Gasteiger partial charge < -0.3 is 5.32 Å². The molecule has 1 saturated heterocycles. The van der Waals surface area contributed by atoms with Crippen molar-refractivity contribution >= 4 is 11.5 Å².